The topological polar surface area (TPSA) is 49.0 Å². The number of methoxy groups -OCH3 is 3. The molecule has 0 aromatic heterocycles. The Kier molecular flexibility index (Phi) is 7.17. The standard InChI is InChI=1S/C13H21NO4/c1-15-7-8-18-12-6-4-5-11(9-12)14-10-13(16-2)17-3/h4-6,9,13-14H,7-8,10H2,1-3H3. The first kappa shape index (κ1) is 14.8. The van der Waals surface area contributed by atoms with Gasteiger partial charge in [-0.05, 0) is 12.1 Å². The second-order valence-electron chi connectivity index (χ2n) is 3.65. The fourth-order valence-electron chi connectivity index (χ4n) is 1.40. The zero-order valence-corrected chi connectivity index (χ0v) is 11.1. The molecular formula is C13H21NO4. The lowest BCUT2D eigenvalue weighted by atomic mass is 10.3. The molecule has 1 N–H and O–H groups in total. The molecule has 0 aliphatic carbocycles. The van der Waals surface area contributed by atoms with E-state index in [9.17, 15) is 0 Å². The van der Waals surface area contributed by atoms with Crippen molar-refractivity contribution in [1.82, 2.24) is 0 Å². The van der Waals surface area contributed by atoms with Gasteiger partial charge in [-0.1, -0.05) is 6.07 Å². The number of ether oxygens (including phenoxy) is 4. The number of anilines is 1. The van der Waals surface area contributed by atoms with Crippen LogP contribution in [0.2, 0.25) is 0 Å². The number of nitrogens with one attached hydrogen (secondary N) is 1. The van der Waals surface area contributed by atoms with Gasteiger partial charge in [0.25, 0.3) is 0 Å². The molecule has 0 aliphatic heterocycles. The molecule has 0 unspecified atom stereocenters. The Hall–Kier alpha value is -1.30. The van der Waals surface area contributed by atoms with Gasteiger partial charge in [-0.15, -0.1) is 0 Å². The third kappa shape index (κ3) is 5.35. The molecule has 0 saturated heterocycles. The van der Waals surface area contributed by atoms with Crippen LogP contribution in [0.25, 0.3) is 0 Å². The second kappa shape index (κ2) is 8.74. The van der Waals surface area contributed by atoms with Crippen molar-refractivity contribution in [3.63, 3.8) is 0 Å². The highest BCUT2D eigenvalue weighted by Crippen LogP contribution is 2.17. The van der Waals surface area contributed by atoms with E-state index in [1.165, 1.54) is 0 Å². The van der Waals surface area contributed by atoms with Gasteiger partial charge in [0.05, 0.1) is 13.2 Å². The molecule has 1 aromatic rings. The molecule has 0 spiro atoms. The van der Waals surface area contributed by atoms with Crippen LogP contribution in [0.4, 0.5) is 5.69 Å². The summed E-state index contributed by atoms with van der Waals surface area (Å²) in [5.74, 6) is 0.809. The average Bonchev–Trinajstić information content (AvgIpc) is 2.41. The summed E-state index contributed by atoms with van der Waals surface area (Å²) in [5, 5.41) is 3.22. The first-order valence-electron chi connectivity index (χ1n) is 5.81. The van der Waals surface area contributed by atoms with Crippen LogP contribution in [-0.4, -0.2) is 47.4 Å². The monoisotopic (exact) mass is 255 g/mol. The van der Waals surface area contributed by atoms with E-state index < -0.39 is 0 Å². The molecular weight excluding hydrogens is 234 g/mol. The Morgan fingerprint density at radius 1 is 1.11 bits per heavy atom. The summed E-state index contributed by atoms with van der Waals surface area (Å²) >= 11 is 0. The quantitative estimate of drug-likeness (QED) is 0.538. The van der Waals surface area contributed by atoms with Gasteiger partial charge in [-0.2, -0.15) is 0 Å². The first-order chi connectivity index (χ1) is 8.80. The molecule has 0 heterocycles. The highest BCUT2D eigenvalue weighted by Gasteiger charge is 2.04. The molecule has 102 valence electrons. The zero-order chi connectivity index (χ0) is 13.2. The summed E-state index contributed by atoms with van der Waals surface area (Å²) in [6.07, 6.45) is -0.261. The summed E-state index contributed by atoms with van der Waals surface area (Å²) in [5.41, 5.74) is 0.962. The molecule has 1 rings (SSSR count). The highest BCUT2D eigenvalue weighted by atomic mass is 16.7. The first-order valence-corrected chi connectivity index (χ1v) is 5.81. The van der Waals surface area contributed by atoms with Gasteiger partial charge in [-0.3, -0.25) is 0 Å². The third-order valence-electron chi connectivity index (χ3n) is 2.39. The SMILES string of the molecule is COCCOc1cccc(NCC(OC)OC)c1. The molecule has 0 radical (unpaired) electrons. The molecule has 0 saturated carbocycles. The van der Waals surface area contributed by atoms with Gasteiger partial charge in [0.1, 0.15) is 12.4 Å². The lowest BCUT2D eigenvalue weighted by Gasteiger charge is -2.15. The minimum atomic E-state index is -0.261. The third-order valence-corrected chi connectivity index (χ3v) is 2.39. The molecule has 1 aromatic carbocycles. The fourth-order valence-corrected chi connectivity index (χ4v) is 1.40. The maximum atomic E-state index is 5.52. The molecule has 5 heteroatoms. The molecule has 0 bridgehead atoms. The van der Waals surface area contributed by atoms with Crippen LogP contribution in [0.5, 0.6) is 5.75 Å². The summed E-state index contributed by atoms with van der Waals surface area (Å²) in [6.45, 7) is 1.69. The van der Waals surface area contributed by atoms with Gasteiger partial charge >= 0.3 is 0 Å². The van der Waals surface area contributed by atoms with Gasteiger partial charge in [0, 0.05) is 33.1 Å². The van der Waals surface area contributed by atoms with Gasteiger partial charge in [-0.25, -0.2) is 0 Å². The predicted molar refractivity (Wildman–Crippen MR) is 70.1 cm³/mol. The lowest BCUT2D eigenvalue weighted by Crippen LogP contribution is -2.23. The Labute approximate surface area is 108 Å². The van der Waals surface area contributed by atoms with E-state index in [4.69, 9.17) is 18.9 Å². The number of benzene rings is 1. The van der Waals surface area contributed by atoms with Gasteiger partial charge in [0.15, 0.2) is 6.29 Å². The Morgan fingerprint density at radius 3 is 2.56 bits per heavy atom. The summed E-state index contributed by atoms with van der Waals surface area (Å²) in [4.78, 5) is 0. The minimum absolute atomic E-state index is 0.261. The number of hydrogen-bond acceptors (Lipinski definition) is 5. The Bertz CT molecular complexity index is 329. The van der Waals surface area contributed by atoms with E-state index in [1.807, 2.05) is 24.3 Å². The van der Waals surface area contributed by atoms with Crippen molar-refractivity contribution < 1.29 is 18.9 Å². The van der Waals surface area contributed by atoms with E-state index in [0.717, 1.165) is 11.4 Å². The van der Waals surface area contributed by atoms with Crippen molar-refractivity contribution in [3.8, 4) is 5.75 Å². The van der Waals surface area contributed by atoms with E-state index >= 15 is 0 Å². The average molecular weight is 255 g/mol. The van der Waals surface area contributed by atoms with Crippen LogP contribution in [0.3, 0.4) is 0 Å². The number of rotatable bonds is 9. The Balaban J connectivity index is 2.43. The summed E-state index contributed by atoms with van der Waals surface area (Å²) < 4.78 is 20.6. The van der Waals surface area contributed by atoms with Gasteiger partial charge < -0.3 is 24.3 Å². The second-order valence-corrected chi connectivity index (χ2v) is 3.65. The van der Waals surface area contributed by atoms with Crippen LogP contribution in [-0.2, 0) is 14.2 Å². The van der Waals surface area contributed by atoms with Crippen molar-refractivity contribution >= 4 is 5.69 Å². The van der Waals surface area contributed by atoms with Crippen molar-refractivity contribution in [2.24, 2.45) is 0 Å². The predicted octanol–water partition coefficient (Wildman–Crippen LogP) is 1.74. The normalized spacial score (nSPS) is 10.7. The molecule has 18 heavy (non-hydrogen) atoms. The molecule has 5 nitrogen and oxygen atoms in total. The van der Waals surface area contributed by atoms with E-state index in [2.05, 4.69) is 5.32 Å². The molecule has 0 fully saturated rings. The zero-order valence-electron chi connectivity index (χ0n) is 11.1. The van der Waals surface area contributed by atoms with Gasteiger partial charge in [0.2, 0.25) is 0 Å². The Morgan fingerprint density at radius 2 is 1.89 bits per heavy atom. The van der Waals surface area contributed by atoms with Crippen molar-refractivity contribution in [2.75, 3.05) is 46.4 Å². The number of hydrogen-bond donors (Lipinski definition) is 1. The largest absolute Gasteiger partial charge is 0.491 e. The molecule has 0 atom stereocenters. The maximum absolute atomic E-state index is 5.52. The molecule has 0 aliphatic rings. The fraction of sp³-hybridized carbons (Fsp3) is 0.538. The smallest absolute Gasteiger partial charge is 0.173 e. The lowest BCUT2D eigenvalue weighted by molar-refractivity contribution is -0.0914. The van der Waals surface area contributed by atoms with Crippen molar-refractivity contribution in [1.29, 1.82) is 0 Å². The van der Waals surface area contributed by atoms with Crippen LogP contribution < -0.4 is 10.1 Å². The van der Waals surface area contributed by atoms with Crippen LogP contribution in [0, 0.1) is 0 Å². The van der Waals surface area contributed by atoms with Crippen LogP contribution in [0.1, 0.15) is 0 Å². The summed E-state index contributed by atoms with van der Waals surface area (Å²) in [6, 6.07) is 7.73. The van der Waals surface area contributed by atoms with E-state index in [-0.39, 0.29) is 6.29 Å². The van der Waals surface area contributed by atoms with Crippen LogP contribution >= 0.6 is 0 Å². The van der Waals surface area contributed by atoms with Crippen molar-refractivity contribution in [2.45, 2.75) is 6.29 Å². The highest BCUT2D eigenvalue weighted by molar-refractivity contribution is 5.48. The van der Waals surface area contributed by atoms with E-state index in [1.54, 1.807) is 21.3 Å². The maximum Gasteiger partial charge on any atom is 0.173 e. The minimum Gasteiger partial charge on any atom is -0.491 e. The molecule has 0 amide bonds. The van der Waals surface area contributed by atoms with Crippen molar-refractivity contribution in [3.05, 3.63) is 24.3 Å². The summed E-state index contributed by atoms with van der Waals surface area (Å²) in [7, 11) is 4.87. The van der Waals surface area contributed by atoms with Crippen LogP contribution in [0.15, 0.2) is 24.3 Å². The van der Waals surface area contributed by atoms with E-state index in [0.29, 0.717) is 19.8 Å².